The van der Waals surface area contributed by atoms with E-state index in [1.807, 2.05) is 36.4 Å². The molecule has 2 aromatic rings. The molecular formula is C19H22N2O2S. The van der Waals surface area contributed by atoms with Gasteiger partial charge in [-0.05, 0) is 55.1 Å². The first-order valence-electron chi connectivity index (χ1n) is 8.49. The third-order valence-corrected chi connectivity index (χ3v) is 6.12. The van der Waals surface area contributed by atoms with E-state index in [0.29, 0.717) is 6.04 Å². The Morgan fingerprint density at radius 3 is 3.04 bits per heavy atom. The quantitative estimate of drug-likeness (QED) is 0.927. The number of nitrogens with one attached hydrogen (secondary N) is 1. The molecule has 2 bridgehead atoms. The summed E-state index contributed by atoms with van der Waals surface area (Å²) < 4.78 is 5.28. The van der Waals surface area contributed by atoms with Crippen molar-refractivity contribution in [1.29, 1.82) is 0 Å². The fraction of sp³-hybridized carbons (Fsp3) is 0.421. The maximum atomic E-state index is 12.6. The van der Waals surface area contributed by atoms with Crippen LogP contribution < -0.4 is 10.1 Å². The molecule has 1 aromatic carbocycles. The minimum Gasteiger partial charge on any atom is -0.497 e. The molecular weight excluding hydrogens is 320 g/mol. The predicted molar refractivity (Wildman–Crippen MR) is 96.7 cm³/mol. The summed E-state index contributed by atoms with van der Waals surface area (Å²) in [4.78, 5) is 16.9. The number of carbonyl (C=O) groups excluding carboxylic acids is 1. The van der Waals surface area contributed by atoms with Gasteiger partial charge < -0.3 is 15.0 Å². The highest BCUT2D eigenvalue weighted by atomic mass is 32.1. The van der Waals surface area contributed by atoms with Crippen molar-refractivity contribution < 1.29 is 9.53 Å². The lowest BCUT2D eigenvalue weighted by Crippen LogP contribution is -2.46. The van der Waals surface area contributed by atoms with E-state index in [1.165, 1.54) is 30.8 Å². The van der Waals surface area contributed by atoms with Gasteiger partial charge in [0.1, 0.15) is 5.75 Å². The van der Waals surface area contributed by atoms with Crippen LogP contribution in [0.5, 0.6) is 5.75 Å². The predicted octanol–water partition coefficient (Wildman–Crippen LogP) is 3.25. The lowest BCUT2D eigenvalue weighted by atomic mass is 9.97. The molecule has 2 saturated heterocycles. The Morgan fingerprint density at radius 1 is 1.29 bits per heavy atom. The number of thiophene rings is 1. The molecule has 1 aromatic heterocycles. The van der Waals surface area contributed by atoms with E-state index in [9.17, 15) is 4.79 Å². The van der Waals surface area contributed by atoms with Crippen LogP contribution in [0.1, 0.15) is 22.5 Å². The molecule has 3 atom stereocenters. The van der Waals surface area contributed by atoms with Crippen LogP contribution in [-0.4, -0.2) is 43.6 Å². The molecule has 0 radical (unpaired) electrons. The molecule has 0 saturated carbocycles. The summed E-state index contributed by atoms with van der Waals surface area (Å²) in [5.41, 5.74) is 1.08. The molecule has 2 aliphatic heterocycles. The highest BCUT2D eigenvalue weighted by Gasteiger charge is 2.33. The first-order chi connectivity index (χ1) is 11.7. The van der Waals surface area contributed by atoms with Gasteiger partial charge in [0.25, 0.3) is 5.91 Å². The number of benzene rings is 1. The topological polar surface area (TPSA) is 41.6 Å². The van der Waals surface area contributed by atoms with E-state index >= 15 is 0 Å². The van der Waals surface area contributed by atoms with Gasteiger partial charge >= 0.3 is 0 Å². The third-order valence-electron chi connectivity index (χ3n) is 4.99. The minimum absolute atomic E-state index is 0.0571. The second-order valence-electron chi connectivity index (χ2n) is 6.72. The Morgan fingerprint density at radius 2 is 2.21 bits per heavy atom. The summed E-state index contributed by atoms with van der Waals surface area (Å²) in [5, 5.41) is 3.23. The molecule has 1 unspecified atom stereocenters. The second kappa shape index (κ2) is 6.57. The van der Waals surface area contributed by atoms with E-state index in [0.717, 1.165) is 40.0 Å². The molecule has 0 aliphatic carbocycles. The van der Waals surface area contributed by atoms with Crippen molar-refractivity contribution in [3.63, 3.8) is 0 Å². The molecule has 0 spiro atoms. The molecule has 3 heterocycles. The monoisotopic (exact) mass is 342 g/mol. The van der Waals surface area contributed by atoms with Gasteiger partial charge in [0.2, 0.25) is 0 Å². The molecule has 2 aliphatic rings. The Bertz CT molecular complexity index is 730. The van der Waals surface area contributed by atoms with E-state index < -0.39 is 0 Å². The number of carbonyl (C=O) groups is 1. The van der Waals surface area contributed by atoms with E-state index in [4.69, 9.17) is 4.74 Å². The van der Waals surface area contributed by atoms with Gasteiger partial charge in [0.15, 0.2) is 0 Å². The summed E-state index contributed by atoms with van der Waals surface area (Å²) in [7, 11) is 1.67. The van der Waals surface area contributed by atoms with Crippen LogP contribution in [0.4, 0.5) is 0 Å². The first kappa shape index (κ1) is 15.7. The van der Waals surface area contributed by atoms with Crippen molar-refractivity contribution in [3.8, 4) is 16.2 Å². The average molecular weight is 342 g/mol. The summed E-state index contributed by atoms with van der Waals surface area (Å²) >= 11 is 1.54. The highest BCUT2D eigenvalue weighted by molar-refractivity contribution is 7.17. The standard InChI is InChI=1S/C19H22N2O2S/c1-23-16-4-2-3-14(10-16)17-5-6-18(24-17)19(22)20-15-9-13-7-8-21(11-13)12-15/h2-6,10,13,15H,7-9,11-12H2,1H3,(H,20,22)/t13-,15+/m1/s1. The van der Waals surface area contributed by atoms with Gasteiger partial charge in [-0.1, -0.05) is 12.1 Å². The number of hydrogen-bond donors (Lipinski definition) is 1. The number of amides is 1. The Hall–Kier alpha value is -1.85. The molecule has 5 heteroatoms. The number of rotatable bonds is 4. The van der Waals surface area contributed by atoms with Gasteiger partial charge in [-0.15, -0.1) is 11.3 Å². The Kier molecular flexibility index (Phi) is 4.29. The zero-order chi connectivity index (χ0) is 16.5. The number of fused-ring (bicyclic) bond motifs is 2. The van der Waals surface area contributed by atoms with Crippen LogP contribution in [0, 0.1) is 5.92 Å². The van der Waals surface area contributed by atoms with Crippen LogP contribution in [0.15, 0.2) is 36.4 Å². The van der Waals surface area contributed by atoms with E-state index in [2.05, 4.69) is 10.2 Å². The zero-order valence-electron chi connectivity index (χ0n) is 13.8. The summed E-state index contributed by atoms with van der Waals surface area (Å²) in [5.74, 6) is 1.65. The van der Waals surface area contributed by atoms with Crippen LogP contribution in [0.3, 0.4) is 0 Å². The number of nitrogens with zero attached hydrogens (tertiary/aromatic N) is 1. The van der Waals surface area contributed by atoms with Crippen molar-refractivity contribution in [3.05, 3.63) is 41.3 Å². The first-order valence-corrected chi connectivity index (χ1v) is 9.30. The lowest BCUT2D eigenvalue weighted by molar-refractivity contribution is 0.0913. The fourth-order valence-electron chi connectivity index (χ4n) is 3.81. The van der Waals surface area contributed by atoms with Crippen molar-refractivity contribution in [1.82, 2.24) is 10.2 Å². The summed E-state index contributed by atoms with van der Waals surface area (Å²) in [6.45, 7) is 3.40. The number of piperidine rings is 1. The molecule has 2 fully saturated rings. The van der Waals surface area contributed by atoms with Gasteiger partial charge in [-0.25, -0.2) is 0 Å². The van der Waals surface area contributed by atoms with Crippen LogP contribution in [-0.2, 0) is 0 Å². The number of hydrogen-bond acceptors (Lipinski definition) is 4. The van der Waals surface area contributed by atoms with Crippen molar-refractivity contribution in [2.45, 2.75) is 18.9 Å². The molecule has 24 heavy (non-hydrogen) atoms. The van der Waals surface area contributed by atoms with Crippen molar-refractivity contribution in [2.75, 3.05) is 26.7 Å². The Labute approximate surface area is 146 Å². The number of methoxy groups -OCH3 is 1. The lowest BCUT2D eigenvalue weighted by Gasteiger charge is -2.30. The average Bonchev–Trinajstić information content (AvgIpc) is 3.22. The Balaban J connectivity index is 1.45. The number of ether oxygens (including phenoxy) is 1. The van der Waals surface area contributed by atoms with E-state index in [-0.39, 0.29) is 5.91 Å². The minimum atomic E-state index is 0.0571. The largest absolute Gasteiger partial charge is 0.497 e. The molecule has 4 rings (SSSR count). The smallest absolute Gasteiger partial charge is 0.261 e. The summed E-state index contributed by atoms with van der Waals surface area (Å²) in [6, 6.07) is 12.2. The van der Waals surface area contributed by atoms with Gasteiger partial charge in [-0.3, -0.25) is 4.79 Å². The van der Waals surface area contributed by atoms with Crippen LogP contribution >= 0.6 is 11.3 Å². The van der Waals surface area contributed by atoms with Gasteiger partial charge in [-0.2, -0.15) is 0 Å². The molecule has 1 amide bonds. The molecule has 126 valence electrons. The van der Waals surface area contributed by atoms with Crippen LogP contribution in [0.2, 0.25) is 0 Å². The normalized spacial score (nSPS) is 25.5. The molecule has 4 nitrogen and oxygen atoms in total. The van der Waals surface area contributed by atoms with Crippen LogP contribution in [0.25, 0.3) is 10.4 Å². The van der Waals surface area contributed by atoms with E-state index in [1.54, 1.807) is 7.11 Å². The third kappa shape index (κ3) is 3.19. The SMILES string of the molecule is COc1cccc(-c2ccc(C(=O)N[C@H]3C[C@H]4CCN(C4)C3)s2)c1. The zero-order valence-corrected chi connectivity index (χ0v) is 14.6. The molecule has 1 N–H and O–H groups in total. The maximum Gasteiger partial charge on any atom is 0.261 e. The van der Waals surface area contributed by atoms with Gasteiger partial charge in [0, 0.05) is 24.0 Å². The summed E-state index contributed by atoms with van der Waals surface area (Å²) in [6.07, 6.45) is 2.40. The fourth-order valence-corrected chi connectivity index (χ4v) is 4.72. The van der Waals surface area contributed by atoms with Crippen molar-refractivity contribution in [2.24, 2.45) is 5.92 Å². The van der Waals surface area contributed by atoms with Crippen molar-refractivity contribution >= 4 is 17.2 Å². The highest BCUT2D eigenvalue weighted by Crippen LogP contribution is 2.31. The second-order valence-corrected chi connectivity index (χ2v) is 7.80. The maximum absolute atomic E-state index is 12.6. The van der Waals surface area contributed by atoms with Gasteiger partial charge in [0.05, 0.1) is 12.0 Å².